The van der Waals surface area contributed by atoms with Gasteiger partial charge in [-0.15, -0.1) is 11.8 Å². The number of hydrogen-bond donors (Lipinski definition) is 1. The lowest BCUT2D eigenvalue weighted by Gasteiger charge is -2.24. The summed E-state index contributed by atoms with van der Waals surface area (Å²) in [5.41, 5.74) is 5.24. The number of nitrogens with zero attached hydrogens (tertiary/aromatic N) is 3. The first kappa shape index (κ1) is 19.6. The van der Waals surface area contributed by atoms with Gasteiger partial charge >= 0.3 is 0 Å². The summed E-state index contributed by atoms with van der Waals surface area (Å²) in [5.74, 6) is 0.562. The van der Waals surface area contributed by atoms with E-state index < -0.39 is 0 Å². The van der Waals surface area contributed by atoms with Crippen LogP contribution in [0, 0.1) is 6.92 Å². The largest absolute Gasteiger partial charge is 0.497 e. The van der Waals surface area contributed by atoms with E-state index in [0.29, 0.717) is 10.8 Å². The van der Waals surface area contributed by atoms with E-state index in [1.165, 1.54) is 16.8 Å². The van der Waals surface area contributed by atoms with E-state index in [4.69, 9.17) is 16.3 Å². The Kier molecular flexibility index (Phi) is 5.38. The first-order valence-electron chi connectivity index (χ1n) is 8.96. The molecule has 4 rings (SSSR count). The molecule has 150 valence electrons. The van der Waals surface area contributed by atoms with E-state index in [-0.39, 0.29) is 23.7 Å². The Balaban J connectivity index is 1.52. The molecule has 1 N–H and O–H groups in total. The third-order valence-electron chi connectivity index (χ3n) is 4.71. The predicted molar refractivity (Wildman–Crippen MR) is 113 cm³/mol. The molecule has 7 nitrogen and oxygen atoms in total. The minimum atomic E-state index is -0.330. The molecule has 1 aliphatic heterocycles. The Morgan fingerprint density at radius 2 is 2.07 bits per heavy atom. The van der Waals surface area contributed by atoms with Crippen LogP contribution in [0.15, 0.2) is 42.5 Å². The smallest absolute Gasteiger partial charge is 0.260 e. The minimum Gasteiger partial charge on any atom is -0.497 e. The molecular weight excluding hydrogens is 412 g/mol. The Morgan fingerprint density at radius 3 is 2.79 bits per heavy atom. The molecule has 29 heavy (non-hydrogen) atoms. The second-order valence-corrected chi connectivity index (χ2v) is 8.14. The topological polar surface area (TPSA) is 76.5 Å². The van der Waals surface area contributed by atoms with Gasteiger partial charge in [-0.25, -0.2) is 5.01 Å². The highest BCUT2D eigenvalue weighted by molar-refractivity contribution is 8.00. The lowest BCUT2D eigenvalue weighted by atomic mass is 10.2. The summed E-state index contributed by atoms with van der Waals surface area (Å²) in [7, 11) is 1.60. The van der Waals surface area contributed by atoms with Crippen molar-refractivity contribution in [2.24, 2.45) is 0 Å². The van der Waals surface area contributed by atoms with Crippen LogP contribution in [0.1, 0.15) is 16.6 Å². The van der Waals surface area contributed by atoms with Gasteiger partial charge in [-0.3, -0.25) is 19.7 Å². The number of thioether (sulfide) groups is 1. The van der Waals surface area contributed by atoms with Crippen LogP contribution in [-0.4, -0.2) is 39.5 Å². The Hall–Kier alpha value is -2.71. The molecule has 1 saturated heterocycles. The number of hydrogen-bond acceptors (Lipinski definition) is 5. The Bertz CT molecular complexity index is 1080. The van der Waals surface area contributed by atoms with Gasteiger partial charge in [0.05, 0.1) is 24.1 Å². The number of carbonyl (C=O) groups excluding carboxylic acids is 2. The van der Waals surface area contributed by atoms with Crippen molar-refractivity contribution < 1.29 is 14.3 Å². The van der Waals surface area contributed by atoms with Gasteiger partial charge in [-0.2, -0.15) is 5.10 Å². The fourth-order valence-electron chi connectivity index (χ4n) is 3.30. The van der Waals surface area contributed by atoms with Crippen LogP contribution in [0.3, 0.4) is 0 Å². The van der Waals surface area contributed by atoms with E-state index in [1.807, 2.05) is 37.3 Å². The molecular formula is C20H19ClN4O3S. The molecule has 0 radical (unpaired) electrons. The van der Waals surface area contributed by atoms with Crippen molar-refractivity contribution >= 4 is 46.1 Å². The van der Waals surface area contributed by atoms with Crippen molar-refractivity contribution in [2.45, 2.75) is 18.8 Å². The van der Waals surface area contributed by atoms with E-state index in [1.54, 1.807) is 23.9 Å². The number of rotatable bonds is 5. The molecule has 2 heterocycles. The van der Waals surface area contributed by atoms with Gasteiger partial charge in [0.1, 0.15) is 17.7 Å². The molecule has 1 aromatic heterocycles. The Morgan fingerprint density at radius 1 is 1.31 bits per heavy atom. The molecule has 0 bridgehead atoms. The summed E-state index contributed by atoms with van der Waals surface area (Å²) in [4.78, 5) is 25.1. The summed E-state index contributed by atoms with van der Waals surface area (Å²) in [5, 5.41) is 7.05. The van der Waals surface area contributed by atoms with Crippen LogP contribution in [0.5, 0.6) is 5.75 Å². The van der Waals surface area contributed by atoms with Gasteiger partial charge in [0.25, 0.3) is 11.8 Å². The summed E-state index contributed by atoms with van der Waals surface area (Å²) in [6.07, 6.45) is 0. The maximum absolute atomic E-state index is 12.7. The number of hydrazine groups is 1. The van der Waals surface area contributed by atoms with Crippen molar-refractivity contribution in [3.63, 3.8) is 0 Å². The number of amides is 2. The van der Waals surface area contributed by atoms with Gasteiger partial charge in [-0.1, -0.05) is 23.7 Å². The van der Waals surface area contributed by atoms with Crippen LogP contribution in [0.2, 0.25) is 5.02 Å². The highest BCUT2D eigenvalue weighted by atomic mass is 35.5. The van der Waals surface area contributed by atoms with Crippen LogP contribution in [0.25, 0.3) is 10.9 Å². The molecule has 1 aliphatic rings. The van der Waals surface area contributed by atoms with Crippen LogP contribution >= 0.6 is 23.4 Å². The lowest BCUT2D eigenvalue weighted by molar-refractivity contribution is -0.139. The van der Waals surface area contributed by atoms with Gasteiger partial charge < -0.3 is 4.74 Å². The third-order valence-corrected chi connectivity index (χ3v) is 6.15. The number of aryl methyl sites for hydroxylation is 1. The SMILES string of the molecule is COc1ccc(C2SCC(=O)N2NC(=O)Cn2nc(C)c3ccc(Cl)cc32)cc1. The van der Waals surface area contributed by atoms with Crippen molar-refractivity contribution in [2.75, 3.05) is 12.9 Å². The van der Waals surface area contributed by atoms with Gasteiger partial charge in [-0.05, 0) is 42.8 Å². The number of benzene rings is 2. The molecule has 0 spiro atoms. The summed E-state index contributed by atoms with van der Waals surface area (Å²) in [6.45, 7) is 1.86. The van der Waals surface area contributed by atoms with Crippen molar-refractivity contribution in [3.8, 4) is 5.75 Å². The summed E-state index contributed by atoms with van der Waals surface area (Å²) >= 11 is 7.56. The van der Waals surface area contributed by atoms with Crippen LogP contribution in [0.4, 0.5) is 0 Å². The zero-order valence-corrected chi connectivity index (χ0v) is 17.5. The molecule has 9 heteroatoms. The summed E-state index contributed by atoms with van der Waals surface area (Å²) < 4.78 is 6.78. The van der Waals surface area contributed by atoms with Crippen molar-refractivity contribution in [3.05, 3.63) is 58.7 Å². The zero-order valence-electron chi connectivity index (χ0n) is 15.9. The number of nitrogens with one attached hydrogen (secondary N) is 1. The average molecular weight is 431 g/mol. The molecule has 3 aromatic rings. The number of fused-ring (bicyclic) bond motifs is 1. The minimum absolute atomic E-state index is 0.0194. The molecule has 0 saturated carbocycles. The lowest BCUT2D eigenvalue weighted by Crippen LogP contribution is -2.45. The molecule has 1 unspecified atom stereocenters. The molecule has 1 fully saturated rings. The van der Waals surface area contributed by atoms with Crippen molar-refractivity contribution in [1.29, 1.82) is 0 Å². The zero-order chi connectivity index (χ0) is 20.5. The fraction of sp³-hybridized carbons (Fsp3) is 0.250. The Labute approximate surface area is 176 Å². The standard InChI is InChI=1S/C20H19ClN4O3S/c1-12-16-8-5-14(21)9-17(16)24(22-12)10-18(26)23-25-19(27)11-29-20(25)13-3-6-15(28-2)7-4-13/h3-9,20H,10-11H2,1-2H3,(H,23,26). The van der Waals surface area contributed by atoms with E-state index >= 15 is 0 Å². The number of carbonyl (C=O) groups is 2. The molecule has 2 amide bonds. The normalized spacial score (nSPS) is 16.4. The van der Waals surface area contributed by atoms with Crippen molar-refractivity contribution in [1.82, 2.24) is 20.2 Å². The van der Waals surface area contributed by atoms with Crippen LogP contribution < -0.4 is 10.2 Å². The van der Waals surface area contributed by atoms with E-state index in [9.17, 15) is 9.59 Å². The number of methoxy groups -OCH3 is 1. The molecule has 1 atom stereocenters. The highest BCUT2D eigenvalue weighted by Crippen LogP contribution is 2.37. The van der Waals surface area contributed by atoms with Gasteiger partial charge in [0.2, 0.25) is 0 Å². The van der Waals surface area contributed by atoms with Gasteiger partial charge in [0, 0.05) is 10.4 Å². The van der Waals surface area contributed by atoms with E-state index in [0.717, 1.165) is 27.9 Å². The number of ether oxygens (including phenoxy) is 1. The maximum Gasteiger partial charge on any atom is 0.260 e. The third kappa shape index (κ3) is 3.90. The first-order chi connectivity index (χ1) is 14.0. The molecule has 2 aromatic carbocycles. The quantitative estimate of drug-likeness (QED) is 0.672. The summed E-state index contributed by atoms with van der Waals surface area (Å²) in [6, 6.07) is 12.9. The van der Waals surface area contributed by atoms with Crippen LogP contribution in [-0.2, 0) is 16.1 Å². The number of aromatic nitrogens is 2. The van der Waals surface area contributed by atoms with Gasteiger partial charge in [0.15, 0.2) is 0 Å². The van der Waals surface area contributed by atoms with E-state index in [2.05, 4.69) is 10.5 Å². The predicted octanol–water partition coefficient (Wildman–Crippen LogP) is 3.31. The highest BCUT2D eigenvalue weighted by Gasteiger charge is 2.34. The number of halogens is 1. The monoisotopic (exact) mass is 430 g/mol. The fourth-order valence-corrected chi connectivity index (χ4v) is 4.57. The maximum atomic E-state index is 12.7. The molecule has 0 aliphatic carbocycles. The second kappa shape index (κ2) is 7.96. The average Bonchev–Trinajstić information content (AvgIpc) is 3.21. The first-order valence-corrected chi connectivity index (χ1v) is 10.4. The second-order valence-electron chi connectivity index (χ2n) is 6.64.